The molecular formula is C17H27ClF3N5O. The molecule has 2 unspecified atom stereocenters. The Hall–Kier alpha value is -1.32. The Balaban J connectivity index is 0.00000261. The van der Waals surface area contributed by atoms with Crippen molar-refractivity contribution in [1.29, 1.82) is 0 Å². The van der Waals surface area contributed by atoms with Crippen molar-refractivity contribution < 1.29 is 18.0 Å². The van der Waals surface area contributed by atoms with Crippen LogP contribution in [0.3, 0.4) is 0 Å². The van der Waals surface area contributed by atoms with E-state index < -0.39 is 11.9 Å². The van der Waals surface area contributed by atoms with Gasteiger partial charge in [0.15, 0.2) is 0 Å². The number of hydrogen-bond acceptors (Lipinski definition) is 4. The summed E-state index contributed by atoms with van der Waals surface area (Å²) in [5.41, 5.74) is -0.472. The van der Waals surface area contributed by atoms with Gasteiger partial charge in [0.2, 0.25) is 5.91 Å². The molecule has 0 aromatic carbocycles. The number of halogens is 4. The first-order chi connectivity index (χ1) is 12.3. The van der Waals surface area contributed by atoms with Crippen molar-refractivity contribution in [3.05, 3.63) is 17.5 Å². The minimum Gasteiger partial charge on any atom is -0.354 e. The second-order valence-corrected chi connectivity index (χ2v) is 7.28. The van der Waals surface area contributed by atoms with Gasteiger partial charge in [-0.3, -0.25) is 14.4 Å². The molecule has 2 saturated heterocycles. The standard InChI is InChI=1S/C17H26F3N5O.ClH/c1-24-15(17(18,19)20)13(9-23-24)11-25-7-3-4-12(10-25)8-22-16(26)14-5-2-6-21-14;/h9,12,14,21H,2-8,10-11H2,1H3,(H,22,26);1H. The van der Waals surface area contributed by atoms with E-state index >= 15 is 0 Å². The smallest absolute Gasteiger partial charge is 0.354 e. The molecule has 2 aliphatic heterocycles. The number of amides is 1. The van der Waals surface area contributed by atoms with Crippen molar-refractivity contribution in [2.24, 2.45) is 13.0 Å². The molecule has 0 aliphatic carbocycles. The first kappa shape index (κ1) is 22.0. The Kier molecular flexibility index (Phi) is 7.53. The Morgan fingerprint density at radius 2 is 2.15 bits per heavy atom. The predicted octanol–water partition coefficient (Wildman–Crippen LogP) is 1.94. The Morgan fingerprint density at radius 1 is 1.37 bits per heavy atom. The topological polar surface area (TPSA) is 62.2 Å². The normalized spacial score (nSPS) is 23.9. The van der Waals surface area contributed by atoms with E-state index in [1.165, 1.54) is 13.2 Å². The number of alkyl halides is 3. The van der Waals surface area contributed by atoms with E-state index in [2.05, 4.69) is 15.7 Å². The molecule has 2 N–H and O–H groups in total. The van der Waals surface area contributed by atoms with E-state index in [0.717, 1.165) is 43.5 Å². The average Bonchev–Trinajstić information content (AvgIpc) is 3.22. The molecule has 2 atom stereocenters. The van der Waals surface area contributed by atoms with E-state index in [4.69, 9.17) is 0 Å². The van der Waals surface area contributed by atoms with Gasteiger partial charge in [-0.15, -0.1) is 12.4 Å². The number of aryl methyl sites for hydroxylation is 1. The molecule has 3 rings (SSSR count). The van der Waals surface area contributed by atoms with Crippen LogP contribution in [-0.2, 0) is 24.6 Å². The van der Waals surface area contributed by atoms with Crippen LogP contribution in [-0.4, -0.2) is 52.8 Å². The Bertz CT molecular complexity index is 631. The highest BCUT2D eigenvalue weighted by Gasteiger charge is 2.37. The van der Waals surface area contributed by atoms with Crippen molar-refractivity contribution in [2.75, 3.05) is 26.2 Å². The summed E-state index contributed by atoms with van der Waals surface area (Å²) in [7, 11) is 1.32. The van der Waals surface area contributed by atoms with E-state index in [9.17, 15) is 18.0 Å². The molecule has 1 aromatic rings. The zero-order chi connectivity index (χ0) is 18.7. The van der Waals surface area contributed by atoms with Crippen molar-refractivity contribution >= 4 is 18.3 Å². The quantitative estimate of drug-likeness (QED) is 0.780. The summed E-state index contributed by atoms with van der Waals surface area (Å²) in [5, 5.41) is 9.94. The molecule has 3 heterocycles. The highest BCUT2D eigenvalue weighted by molar-refractivity contribution is 5.85. The molecule has 0 saturated carbocycles. The summed E-state index contributed by atoms with van der Waals surface area (Å²) in [6.07, 6.45) is 0.682. The number of likely N-dealkylation sites (tertiary alicyclic amines) is 1. The highest BCUT2D eigenvalue weighted by atomic mass is 35.5. The molecule has 10 heteroatoms. The number of nitrogens with one attached hydrogen (secondary N) is 2. The second kappa shape index (κ2) is 9.25. The molecule has 27 heavy (non-hydrogen) atoms. The third kappa shape index (κ3) is 5.58. The lowest BCUT2D eigenvalue weighted by Crippen LogP contribution is -2.45. The van der Waals surface area contributed by atoms with E-state index in [1.54, 1.807) is 0 Å². The predicted molar refractivity (Wildman–Crippen MR) is 97.5 cm³/mol. The van der Waals surface area contributed by atoms with Crippen LogP contribution in [0, 0.1) is 5.92 Å². The van der Waals surface area contributed by atoms with Gasteiger partial charge >= 0.3 is 6.18 Å². The van der Waals surface area contributed by atoms with Crippen LogP contribution in [0.5, 0.6) is 0 Å². The van der Waals surface area contributed by atoms with Crippen LogP contribution >= 0.6 is 12.4 Å². The van der Waals surface area contributed by atoms with Gasteiger partial charge in [0.05, 0.1) is 12.2 Å². The third-order valence-corrected chi connectivity index (χ3v) is 5.22. The molecule has 0 bridgehead atoms. The lowest BCUT2D eigenvalue weighted by Gasteiger charge is -2.33. The maximum Gasteiger partial charge on any atom is 0.433 e. The molecule has 6 nitrogen and oxygen atoms in total. The molecule has 154 valence electrons. The van der Waals surface area contributed by atoms with E-state index in [1.807, 2.05) is 4.90 Å². The van der Waals surface area contributed by atoms with Crippen LogP contribution in [0.2, 0.25) is 0 Å². The van der Waals surface area contributed by atoms with Gasteiger partial charge in [0.25, 0.3) is 0 Å². The summed E-state index contributed by atoms with van der Waals surface area (Å²) in [6, 6.07) is -0.0977. The Morgan fingerprint density at radius 3 is 2.81 bits per heavy atom. The number of carbonyl (C=O) groups is 1. The molecule has 0 spiro atoms. The first-order valence-electron chi connectivity index (χ1n) is 9.16. The first-order valence-corrected chi connectivity index (χ1v) is 9.16. The minimum absolute atomic E-state index is 0. The fourth-order valence-electron chi connectivity index (χ4n) is 3.94. The second-order valence-electron chi connectivity index (χ2n) is 7.28. The third-order valence-electron chi connectivity index (χ3n) is 5.22. The number of rotatable bonds is 5. The van der Waals surface area contributed by atoms with Gasteiger partial charge < -0.3 is 10.6 Å². The largest absolute Gasteiger partial charge is 0.433 e. The minimum atomic E-state index is -4.40. The van der Waals surface area contributed by atoms with Gasteiger partial charge in [-0.2, -0.15) is 18.3 Å². The molecule has 0 radical (unpaired) electrons. The molecule has 1 amide bonds. The van der Waals surface area contributed by atoms with Crippen LogP contribution in [0.25, 0.3) is 0 Å². The van der Waals surface area contributed by atoms with Gasteiger partial charge in [-0.05, 0) is 44.7 Å². The lowest BCUT2D eigenvalue weighted by molar-refractivity contribution is -0.144. The van der Waals surface area contributed by atoms with Crippen LogP contribution < -0.4 is 10.6 Å². The fraction of sp³-hybridized carbons (Fsp3) is 0.765. The van der Waals surface area contributed by atoms with Crippen LogP contribution in [0.15, 0.2) is 6.20 Å². The number of nitrogens with zero attached hydrogens (tertiary/aromatic N) is 3. The van der Waals surface area contributed by atoms with Crippen molar-refractivity contribution in [3.63, 3.8) is 0 Å². The molecule has 2 fully saturated rings. The maximum atomic E-state index is 13.2. The zero-order valence-corrected chi connectivity index (χ0v) is 16.2. The SMILES string of the molecule is Cl.Cn1ncc(CN2CCCC(CNC(=O)C3CCCN3)C2)c1C(F)(F)F. The maximum absolute atomic E-state index is 13.2. The van der Waals surface area contributed by atoms with E-state index in [-0.39, 0.29) is 42.4 Å². The van der Waals surface area contributed by atoms with Gasteiger partial charge in [0.1, 0.15) is 5.69 Å². The fourth-order valence-corrected chi connectivity index (χ4v) is 3.94. The van der Waals surface area contributed by atoms with Crippen molar-refractivity contribution in [2.45, 2.75) is 44.4 Å². The van der Waals surface area contributed by atoms with Gasteiger partial charge in [-0.1, -0.05) is 0 Å². The summed E-state index contributed by atoms with van der Waals surface area (Å²) in [5.74, 6) is 0.298. The highest BCUT2D eigenvalue weighted by Crippen LogP contribution is 2.32. The zero-order valence-electron chi connectivity index (χ0n) is 15.4. The molecule has 2 aliphatic rings. The summed E-state index contributed by atoms with van der Waals surface area (Å²) >= 11 is 0. The van der Waals surface area contributed by atoms with Crippen molar-refractivity contribution in [1.82, 2.24) is 25.3 Å². The van der Waals surface area contributed by atoms with Crippen LogP contribution in [0.1, 0.15) is 36.9 Å². The number of hydrogen-bond donors (Lipinski definition) is 2. The molecule has 1 aromatic heterocycles. The number of carbonyl (C=O) groups excluding carboxylic acids is 1. The summed E-state index contributed by atoms with van der Waals surface area (Å²) in [4.78, 5) is 14.1. The van der Waals surface area contributed by atoms with E-state index in [0.29, 0.717) is 13.1 Å². The van der Waals surface area contributed by atoms with Gasteiger partial charge in [0, 0.05) is 32.2 Å². The van der Waals surface area contributed by atoms with Crippen molar-refractivity contribution in [3.8, 4) is 0 Å². The number of piperidine rings is 1. The lowest BCUT2D eigenvalue weighted by atomic mass is 9.97. The number of aromatic nitrogens is 2. The summed E-state index contributed by atoms with van der Waals surface area (Å²) < 4.78 is 40.5. The van der Waals surface area contributed by atoms with Gasteiger partial charge in [-0.25, -0.2) is 0 Å². The molecular weight excluding hydrogens is 383 g/mol. The average molecular weight is 410 g/mol. The summed E-state index contributed by atoms with van der Waals surface area (Å²) in [6.45, 7) is 3.14. The monoisotopic (exact) mass is 409 g/mol. The van der Waals surface area contributed by atoms with Crippen LogP contribution in [0.4, 0.5) is 13.2 Å². The Labute approximate surface area is 163 Å².